The molecule has 7 heterocycles. The molecular weight excluding hydrogens is 1400 g/mol. The summed E-state index contributed by atoms with van der Waals surface area (Å²) in [4.78, 5) is 20.6. The predicted octanol–water partition coefficient (Wildman–Crippen LogP) is 25.3. The summed E-state index contributed by atoms with van der Waals surface area (Å²) in [5.74, 6) is 1.44. The second-order valence-corrected chi connectivity index (χ2v) is 31.0. The standard InChI is InChI=1S/C44H27N3S.C28H25BN2O2S.C22H14BrN/c1-3-13-29(14-4-1)41-43-42(35-20-9-10-21-39(35)48-43)46-44(45-41)32-16-11-15-30(26-32)31-23-24-37-36(27-31)40-34-19-8-7-12-28(34)22-25-38(40)47(37)33-17-5-2-6-18-33;1-27(2)28(3,4)33-29(32-27)20-14-10-13-19(17-20)26-30-23(18-11-6-5-7-12-18)25-24(31-26)21-15-8-9-16-22(21)34-25;23-16-11-13-20-19(14-16)22-18-9-5-4-6-15(18)10-12-21(22)24(20)17-7-2-1-3-8-17/h1-27H;5-17H,1-4H3;1-14H. The van der Waals surface area contributed by atoms with E-state index < -0.39 is 7.12 Å². The maximum absolute atomic E-state index is 6.29. The number of fused-ring (bicyclic) bond motifs is 16. The number of rotatable bonds is 8. The van der Waals surface area contributed by atoms with Crippen LogP contribution in [0.2, 0.25) is 0 Å². The molecule has 1 aliphatic heterocycles. The third kappa shape index (κ3) is 11.4. The predicted molar refractivity (Wildman–Crippen MR) is 451 cm³/mol. The quantitative estimate of drug-likeness (QED) is 0.141. The maximum atomic E-state index is 6.29. The van der Waals surface area contributed by atoms with Gasteiger partial charge in [-0.2, -0.15) is 0 Å². The highest BCUT2D eigenvalue weighted by Gasteiger charge is 2.51. The summed E-state index contributed by atoms with van der Waals surface area (Å²) in [5.41, 5.74) is 17.8. The largest absolute Gasteiger partial charge is 0.494 e. The molecule has 0 bridgehead atoms. The average Bonchev–Trinajstić information content (AvgIpc) is 1.57. The summed E-state index contributed by atoms with van der Waals surface area (Å²) >= 11 is 7.15. The molecule has 8 nitrogen and oxygen atoms in total. The number of hydrogen-bond donors (Lipinski definition) is 0. The molecular formula is C94H66BBrN6O2S2. The second-order valence-electron chi connectivity index (χ2n) is 28.0. The Hall–Kier alpha value is -11.7. The van der Waals surface area contributed by atoms with E-state index in [0.717, 1.165) is 92.0 Å². The van der Waals surface area contributed by atoms with Crippen LogP contribution in [0.15, 0.2) is 332 Å². The Bertz CT molecular complexity index is 6800. The number of hydrogen-bond acceptors (Lipinski definition) is 8. The molecule has 0 unspecified atom stereocenters. The van der Waals surface area contributed by atoms with E-state index in [4.69, 9.17) is 29.2 Å². The minimum atomic E-state index is -0.427. The van der Waals surface area contributed by atoms with E-state index in [2.05, 4.69) is 356 Å². The van der Waals surface area contributed by atoms with Crippen molar-refractivity contribution in [3.63, 3.8) is 0 Å². The highest BCUT2D eigenvalue weighted by Crippen LogP contribution is 2.45. The van der Waals surface area contributed by atoms with E-state index in [0.29, 0.717) is 5.82 Å². The molecule has 14 aromatic carbocycles. The fourth-order valence-corrected chi connectivity index (χ4v) is 17.8. The summed E-state index contributed by atoms with van der Waals surface area (Å²) in [5, 5.41) is 12.5. The minimum absolute atomic E-state index is 0.390. The molecule has 0 N–H and O–H groups in total. The van der Waals surface area contributed by atoms with Gasteiger partial charge in [-0.25, -0.2) is 19.9 Å². The smallest absolute Gasteiger partial charge is 0.399 e. The number of para-hydroxylation sites is 2. The third-order valence-corrected chi connectivity index (χ3v) is 23.8. The summed E-state index contributed by atoms with van der Waals surface area (Å²) in [6.07, 6.45) is 0. The van der Waals surface area contributed by atoms with Crippen LogP contribution in [-0.2, 0) is 9.31 Å². The van der Waals surface area contributed by atoms with Gasteiger partial charge in [0.2, 0.25) is 0 Å². The van der Waals surface area contributed by atoms with Crippen molar-refractivity contribution in [1.29, 1.82) is 0 Å². The van der Waals surface area contributed by atoms with Gasteiger partial charge in [0.1, 0.15) is 0 Å². The van der Waals surface area contributed by atoms with Crippen molar-refractivity contribution >= 4 is 157 Å². The Labute approximate surface area is 629 Å². The Morgan fingerprint density at radius 3 is 1.24 bits per heavy atom. The lowest BCUT2D eigenvalue weighted by Gasteiger charge is -2.32. The molecule has 106 heavy (non-hydrogen) atoms. The molecule has 0 amide bonds. The minimum Gasteiger partial charge on any atom is -0.399 e. The molecule has 0 radical (unpaired) electrons. The van der Waals surface area contributed by atoms with Crippen LogP contribution in [0.25, 0.3) is 174 Å². The van der Waals surface area contributed by atoms with Crippen molar-refractivity contribution in [3.05, 3.63) is 332 Å². The van der Waals surface area contributed by atoms with Crippen molar-refractivity contribution in [2.24, 2.45) is 0 Å². The molecule has 20 aromatic rings. The summed E-state index contributed by atoms with van der Waals surface area (Å²) in [7, 11) is -0.427. The van der Waals surface area contributed by atoms with E-state index in [1.54, 1.807) is 22.7 Å². The first kappa shape index (κ1) is 65.1. The van der Waals surface area contributed by atoms with Crippen molar-refractivity contribution in [2.45, 2.75) is 38.9 Å². The van der Waals surface area contributed by atoms with Crippen LogP contribution in [0.4, 0.5) is 0 Å². The second kappa shape index (κ2) is 26.4. The van der Waals surface area contributed by atoms with Gasteiger partial charge < -0.3 is 18.4 Å². The van der Waals surface area contributed by atoms with Gasteiger partial charge in [0.15, 0.2) is 11.6 Å². The summed E-state index contributed by atoms with van der Waals surface area (Å²) < 4.78 is 23.1. The van der Waals surface area contributed by atoms with Gasteiger partial charge in [0, 0.05) is 79.8 Å². The number of halogens is 1. The van der Waals surface area contributed by atoms with Gasteiger partial charge in [0.05, 0.1) is 65.1 Å². The van der Waals surface area contributed by atoms with E-state index in [1.807, 2.05) is 24.3 Å². The Balaban J connectivity index is 0.000000116. The lowest BCUT2D eigenvalue weighted by atomic mass is 9.78. The number of nitrogens with zero attached hydrogens (tertiary/aromatic N) is 6. The van der Waals surface area contributed by atoms with E-state index >= 15 is 0 Å². The van der Waals surface area contributed by atoms with Crippen LogP contribution in [0.5, 0.6) is 0 Å². The lowest BCUT2D eigenvalue weighted by molar-refractivity contribution is 0.00578. The molecule has 1 aliphatic rings. The summed E-state index contributed by atoms with van der Waals surface area (Å²) in [6, 6.07) is 116. The number of benzene rings is 14. The van der Waals surface area contributed by atoms with E-state index in [-0.39, 0.29) is 11.2 Å². The van der Waals surface area contributed by atoms with E-state index in [9.17, 15) is 0 Å². The van der Waals surface area contributed by atoms with Gasteiger partial charge in [-0.3, -0.25) is 0 Å². The molecule has 0 atom stereocenters. The normalized spacial score (nSPS) is 13.4. The van der Waals surface area contributed by atoms with Crippen molar-refractivity contribution in [1.82, 2.24) is 29.1 Å². The molecule has 12 heteroatoms. The zero-order valence-corrected chi connectivity index (χ0v) is 61.7. The van der Waals surface area contributed by atoms with Gasteiger partial charge in [0.25, 0.3) is 0 Å². The molecule has 506 valence electrons. The van der Waals surface area contributed by atoms with Gasteiger partial charge in [-0.05, 0) is 151 Å². The number of thiophene rings is 2. The zero-order valence-electron chi connectivity index (χ0n) is 58.4. The molecule has 1 fully saturated rings. The molecule has 6 aromatic heterocycles. The molecule has 0 aliphatic carbocycles. The third-order valence-electron chi connectivity index (χ3n) is 21.0. The van der Waals surface area contributed by atoms with Crippen LogP contribution in [0.3, 0.4) is 0 Å². The molecule has 1 saturated heterocycles. The topological polar surface area (TPSA) is 79.9 Å². The maximum Gasteiger partial charge on any atom is 0.494 e. The van der Waals surface area contributed by atoms with Gasteiger partial charge in [-0.1, -0.05) is 259 Å². The van der Waals surface area contributed by atoms with Crippen LogP contribution in [0.1, 0.15) is 27.7 Å². The van der Waals surface area contributed by atoms with Crippen LogP contribution < -0.4 is 5.46 Å². The first-order valence-corrected chi connectivity index (χ1v) is 38.1. The van der Waals surface area contributed by atoms with Crippen molar-refractivity contribution in [2.75, 3.05) is 0 Å². The highest BCUT2D eigenvalue weighted by molar-refractivity contribution is 9.10. The summed E-state index contributed by atoms with van der Waals surface area (Å²) in [6.45, 7) is 8.28. The van der Waals surface area contributed by atoms with Crippen molar-refractivity contribution in [3.8, 4) is 67.8 Å². The Morgan fingerprint density at radius 1 is 0.321 bits per heavy atom. The Kier molecular flexibility index (Phi) is 16.2. The molecule has 0 saturated carbocycles. The highest BCUT2D eigenvalue weighted by atomic mass is 79.9. The van der Waals surface area contributed by atoms with Crippen LogP contribution in [0, 0.1) is 0 Å². The fourth-order valence-electron chi connectivity index (χ4n) is 15.1. The average molecular weight is 1470 g/mol. The van der Waals surface area contributed by atoms with Gasteiger partial charge >= 0.3 is 7.12 Å². The number of aromatic nitrogens is 6. The van der Waals surface area contributed by atoms with Crippen LogP contribution >= 0.6 is 38.6 Å². The lowest BCUT2D eigenvalue weighted by Crippen LogP contribution is -2.41. The Morgan fingerprint density at radius 2 is 0.717 bits per heavy atom. The first-order chi connectivity index (χ1) is 51.9. The van der Waals surface area contributed by atoms with Crippen LogP contribution in [-0.4, -0.2) is 47.4 Å². The fraction of sp³-hybridized carbons (Fsp3) is 0.0638. The SMILES string of the molecule is Brc1ccc2c(c1)c1c3ccccc3ccc1n2-c1ccccc1.CC1(C)OB(c2cccc(-c3nc(-c4ccccc4)c4sc5ccccc5c4n3)c2)OC1(C)C.c1ccc(-c2nc(-c3cccc(-c4ccc5c(c4)c4c6ccccc6ccc4n5-c4ccccc4)c3)nc3c2sc2ccccc23)cc1. The van der Waals surface area contributed by atoms with E-state index in [1.165, 1.54) is 85.6 Å². The van der Waals surface area contributed by atoms with Gasteiger partial charge in [-0.15, -0.1) is 22.7 Å². The zero-order chi connectivity index (χ0) is 71.2. The molecule has 21 rings (SSSR count). The van der Waals surface area contributed by atoms with Crippen molar-refractivity contribution < 1.29 is 9.31 Å². The monoisotopic (exact) mass is 1460 g/mol. The molecule has 0 spiro atoms. The first-order valence-electron chi connectivity index (χ1n) is 35.7.